The molecule has 2 aliphatic rings. The van der Waals surface area contributed by atoms with Gasteiger partial charge < -0.3 is 10.0 Å². The minimum atomic E-state index is -1.15. The summed E-state index contributed by atoms with van der Waals surface area (Å²) in [4.78, 5) is 40.9. The Morgan fingerprint density at radius 2 is 2.12 bits per heavy atom. The number of thioether (sulfide) groups is 1. The SMILES string of the molecule is CCCCn1c(N2CCCC(C)C2)c(/C=C2\SC(=S)N(CC(=O)O)C2=O)c(C)c(C#N)c1=O. The third-order valence-electron chi connectivity index (χ3n) is 5.98. The van der Waals surface area contributed by atoms with Crippen molar-refractivity contribution >= 4 is 52.1 Å². The quantitative estimate of drug-likeness (QED) is 0.460. The third-order valence-corrected chi connectivity index (χ3v) is 7.36. The van der Waals surface area contributed by atoms with Crippen molar-refractivity contribution < 1.29 is 14.7 Å². The summed E-state index contributed by atoms with van der Waals surface area (Å²) in [5, 5.41) is 18.9. The first-order chi connectivity index (χ1) is 15.7. The molecule has 1 N–H and O–H groups in total. The van der Waals surface area contributed by atoms with E-state index in [2.05, 4.69) is 17.9 Å². The molecule has 0 aliphatic carbocycles. The van der Waals surface area contributed by atoms with Gasteiger partial charge in [-0.25, -0.2) is 0 Å². The summed E-state index contributed by atoms with van der Waals surface area (Å²) >= 11 is 6.28. The van der Waals surface area contributed by atoms with Gasteiger partial charge in [0.1, 0.15) is 28.3 Å². The van der Waals surface area contributed by atoms with E-state index in [1.807, 2.05) is 6.92 Å². The summed E-state index contributed by atoms with van der Waals surface area (Å²) in [5.41, 5.74) is 0.915. The summed E-state index contributed by atoms with van der Waals surface area (Å²) in [6.07, 6.45) is 5.44. The monoisotopic (exact) mass is 488 g/mol. The lowest BCUT2D eigenvalue weighted by Gasteiger charge is -2.36. The highest BCUT2D eigenvalue weighted by atomic mass is 32.2. The van der Waals surface area contributed by atoms with Crippen molar-refractivity contribution in [2.24, 2.45) is 5.92 Å². The lowest BCUT2D eigenvalue weighted by molar-refractivity contribution is -0.140. The molecule has 0 aromatic carbocycles. The molecule has 2 saturated heterocycles. The number of pyridine rings is 1. The van der Waals surface area contributed by atoms with E-state index in [0.717, 1.165) is 61.3 Å². The number of hydrogen-bond donors (Lipinski definition) is 1. The van der Waals surface area contributed by atoms with E-state index in [4.69, 9.17) is 17.3 Å². The van der Waals surface area contributed by atoms with Gasteiger partial charge in [-0.1, -0.05) is 44.2 Å². The summed E-state index contributed by atoms with van der Waals surface area (Å²) < 4.78 is 1.86. The Morgan fingerprint density at radius 1 is 1.39 bits per heavy atom. The van der Waals surface area contributed by atoms with Crippen LogP contribution in [0.2, 0.25) is 0 Å². The van der Waals surface area contributed by atoms with Crippen LogP contribution in [0.5, 0.6) is 0 Å². The minimum absolute atomic E-state index is 0.0622. The Bertz CT molecular complexity index is 1120. The maximum Gasteiger partial charge on any atom is 0.323 e. The van der Waals surface area contributed by atoms with Crippen LogP contribution in [0, 0.1) is 24.2 Å². The van der Waals surface area contributed by atoms with E-state index in [9.17, 15) is 19.6 Å². The van der Waals surface area contributed by atoms with Crippen molar-refractivity contribution in [2.45, 2.75) is 53.0 Å². The fourth-order valence-corrected chi connectivity index (χ4v) is 5.53. The smallest absolute Gasteiger partial charge is 0.323 e. The number of carboxylic acid groups (broad SMARTS) is 1. The Morgan fingerprint density at radius 3 is 2.73 bits per heavy atom. The Hall–Kier alpha value is -2.64. The van der Waals surface area contributed by atoms with Crippen LogP contribution in [0.4, 0.5) is 5.82 Å². The molecule has 1 amide bonds. The van der Waals surface area contributed by atoms with Crippen LogP contribution in [-0.4, -0.2) is 50.4 Å². The van der Waals surface area contributed by atoms with Gasteiger partial charge in [-0.3, -0.25) is 23.9 Å². The van der Waals surface area contributed by atoms with E-state index in [1.54, 1.807) is 17.6 Å². The molecule has 176 valence electrons. The summed E-state index contributed by atoms with van der Waals surface area (Å²) in [7, 11) is 0. The zero-order valence-corrected chi connectivity index (χ0v) is 20.7. The lowest BCUT2D eigenvalue weighted by atomic mass is 9.98. The second-order valence-electron chi connectivity index (χ2n) is 8.51. The van der Waals surface area contributed by atoms with Crippen molar-refractivity contribution in [3.8, 4) is 6.07 Å². The van der Waals surface area contributed by atoms with Crippen LogP contribution in [0.15, 0.2) is 9.70 Å². The first-order valence-electron chi connectivity index (χ1n) is 11.1. The number of carbonyl (C=O) groups excluding carboxylic acids is 1. The van der Waals surface area contributed by atoms with E-state index in [1.165, 1.54) is 0 Å². The third kappa shape index (κ3) is 5.14. The molecule has 3 rings (SSSR count). The van der Waals surface area contributed by atoms with Gasteiger partial charge in [-0.2, -0.15) is 5.26 Å². The van der Waals surface area contributed by atoms with Gasteiger partial charge in [0, 0.05) is 25.2 Å². The Labute approximate surface area is 202 Å². The van der Waals surface area contributed by atoms with Gasteiger partial charge >= 0.3 is 5.97 Å². The molecule has 10 heteroatoms. The molecule has 0 saturated carbocycles. The van der Waals surface area contributed by atoms with Gasteiger partial charge in [0.15, 0.2) is 0 Å². The van der Waals surface area contributed by atoms with Gasteiger partial charge in [0.05, 0.1) is 4.91 Å². The number of nitriles is 1. The number of amides is 1. The number of hydrogen-bond acceptors (Lipinski definition) is 7. The van der Waals surface area contributed by atoms with Crippen molar-refractivity contribution in [3.63, 3.8) is 0 Å². The number of rotatable bonds is 7. The zero-order valence-electron chi connectivity index (χ0n) is 19.1. The molecule has 3 heterocycles. The van der Waals surface area contributed by atoms with Gasteiger partial charge in [-0.05, 0) is 43.7 Å². The number of aromatic nitrogens is 1. The zero-order chi connectivity index (χ0) is 24.3. The Balaban J connectivity index is 2.23. The molecular formula is C23H28N4O4S2. The van der Waals surface area contributed by atoms with Gasteiger partial charge in [-0.15, -0.1) is 0 Å². The van der Waals surface area contributed by atoms with E-state index < -0.39 is 18.4 Å². The topological polar surface area (TPSA) is 107 Å². The largest absolute Gasteiger partial charge is 0.480 e. The molecule has 1 unspecified atom stereocenters. The van der Waals surface area contributed by atoms with Gasteiger partial charge in [0.25, 0.3) is 11.5 Å². The highest BCUT2D eigenvalue weighted by molar-refractivity contribution is 8.26. The normalized spacial score (nSPS) is 19.9. The number of carbonyl (C=O) groups is 2. The average molecular weight is 489 g/mol. The van der Waals surface area contributed by atoms with E-state index in [0.29, 0.717) is 28.5 Å². The number of nitrogens with zero attached hydrogens (tertiary/aromatic N) is 4. The first kappa shape index (κ1) is 25.0. The van der Waals surface area contributed by atoms with Crippen molar-refractivity contribution in [2.75, 3.05) is 24.5 Å². The lowest BCUT2D eigenvalue weighted by Crippen LogP contribution is -2.40. The summed E-state index contributed by atoms with van der Waals surface area (Å²) in [6, 6.07) is 2.05. The predicted octanol–water partition coefficient (Wildman–Crippen LogP) is 3.35. The summed E-state index contributed by atoms with van der Waals surface area (Å²) in [6.45, 7) is 7.47. The number of aliphatic carboxylic acids is 1. The molecular weight excluding hydrogens is 460 g/mol. The van der Waals surface area contributed by atoms with E-state index in [-0.39, 0.29) is 15.4 Å². The van der Waals surface area contributed by atoms with Crippen molar-refractivity contribution in [1.82, 2.24) is 9.47 Å². The minimum Gasteiger partial charge on any atom is -0.480 e. The van der Waals surface area contributed by atoms with Crippen LogP contribution in [0.25, 0.3) is 6.08 Å². The number of piperidine rings is 1. The molecule has 2 aliphatic heterocycles. The number of thiocarbonyl (C=S) groups is 1. The van der Waals surface area contributed by atoms with Crippen LogP contribution in [0.1, 0.15) is 56.2 Å². The molecule has 0 spiro atoms. The highest BCUT2D eigenvalue weighted by Gasteiger charge is 2.34. The number of anilines is 1. The standard InChI is InChI=1S/C23H28N4O4S2/c1-4-5-9-26-20(25-8-6-7-14(2)12-25)16(15(3)17(11-24)21(26)30)10-18-22(31)27(13-19(28)29)23(32)33-18/h10,14H,4-9,12-13H2,1-3H3,(H,28,29)/b18-10-. The van der Waals surface area contributed by atoms with Gasteiger partial charge in [0.2, 0.25) is 0 Å². The van der Waals surface area contributed by atoms with Crippen molar-refractivity contribution in [1.29, 1.82) is 5.26 Å². The Kier molecular flexibility index (Phi) is 7.97. The number of carboxylic acids is 1. The fraction of sp³-hybridized carbons (Fsp3) is 0.522. The maximum atomic E-state index is 13.3. The second-order valence-corrected chi connectivity index (χ2v) is 10.2. The molecule has 1 atom stereocenters. The second kappa shape index (κ2) is 10.5. The van der Waals surface area contributed by atoms with Crippen molar-refractivity contribution in [3.05, 3.63) is 31.9 Å². The molecule has 2 fully saturated rings. The maximum absolute atomic E-state index is 13.3. The summed E-state index contributed by atoms with van der Waals surface area (Å²) in [5.74, 6) is -0.452. The van der Waals surface area contributed by atoms with E-state index >= 15 is 0 Å². The average Bonchev–Trinajstić information content (AvgIpc) is 3.02. The molecule has 33 heavy (non-hydrogen) atoms. The molecule has 1 aromatic heterocycles. The molecule has 0 bridgehead atoms. The molecule has 1 aromatic rings. The van der Waals surface area contributed by atoms with Crippen LogP contribution < -0.4 is 10.5 Å². The highest BCUT2D eigenvalue weighted by Crippen LogP contribution is 2.36. The molecule has 8 nitrogen and oxygen atoms in total. The molecule has 0 radical (unpaired) electrons. The first-order valence-corrected chi connectivity index (χ1v) is 12.3. The number of unbranched alkanes of at least 4 members (excludes halogenated alkanes) is 1. The van der Waals surface area contributed by atoms with Crippen LogP contribution in [0.3, 0.4) is 0 Å². The van der Waals surface area contributed by atoms with Crippen LogP contribution >= 0.6 is 24.0 Å². The fourth-order valence-electron chi connectivity index (χ4n) is 4.29. The predicted molar refractivity (Wildman–Crippen MR) is 133 cm³/mol. The van der Waals surface area contributed by atoms with Crippen LogP contribution in [-0.2, 0) is 16.1 Å².